The summed E-state index contributed by atoms with van der Waals surface area (Å²) in [4.78, 5) is 36.8. The Kier molecular flexibility index (Phi) is 6.37. The first-order valence-corrected chi connectivity index (χ1v) is 12.6. The molecule has 5 rings (SSSR count). The average molecular weight is 518 g/mol. The molecular formula is C28H28ClN5O3. The molecule has 1 atom stereocenters. The van der Waals surface area contributed by atoms with Crippen LogP contribution in [0.4, 0.5) is 11.6 Å². The molecule has 37 heavy (non-hydrogen) atoms. The number of carbonyl (C=O) groups is 1. The van der Waals surface area contributed by atoms with E-state index in [4.69, 9.17) is 16.6 Å². The molecule has 0 radical (unpaired) electrons. The number of pyridine rings is 1. The van der Waals surface area contributed by atoms with Crippen molar-refractivity contribution < 1.29 is 9.90 Å². The largest absolute Gasteiger partial charge is 0.476 e. The van der Waals surface area contributed by atoms with E-state index in [-0.39, 0.29) is 28.5 Å². The number of aromatic nitrogens is 3. The van der Waals surface area contributed by atoms with Gasteiger partial charge >= 0.3 is 5.97 Å². The SMILES string of the molecule is Cc1cc([C@@H](C)Nc2ccc(Cl)nc2C(=O)O)c2nc(N3Cc4ccccc4C3)n(C(C)C)c(=O)c2c1. The smallest absolute Gasteiger partial charge is 0.356 e. The van der Waals surface area contributed by atoms with Crippen LogP contribution in [-0.4, -0.2) is 25.6 Å². The number of carboxylic acid groups (broad SMARTS) is 1. The predicted octanol–water partition coefficient (Wildman–Crippen LogP) is 5.73. The van der Waals surface area contributed by atoms with Gasteiger partial charge in [0.05, 0.1) is 22.6 Å². The first kappa shape index (κ1) is 24.8. The number of nitrogens with zero attached hydrogens (tertiary/aromatic N) is 4. The summed E-state index contributed by atoms with van der Waals surface area (Å²) in [6.07, 6.45) is 0. The van der Waals surface area contributed by atoms with Gasteiger partial charge in [-0.2, -0.15) is 0 Å². The van der Waals surface area contributed by atoms with E-state index in [2.05, 4.69) is 27.3 Å². The minimum Gasteiger partial charge on any atom is -0.476 e. The maximum Gasteiger partial charge on any atom is 0.356 e. The summed E-state index contributed by atoms with van der Waals surface area (Å²) in [6, 6.07) is 14.8. The monoisotopic (exact) mass is 517 g/mol. The van der Waals surface area contributed by atoms with Crippen molar-refractivity contribution in [2.75, 3.05) is 10.2 Å². The van der Waals surface area contributed by atoms with Gasteiger partial charge in [0.15, 0.2) is 5.69 Å². The van der Waals surface area contributed by atoms with Crippen LogP contribution in [0.25, 0.3) is 10.9 Å². The summed E-state index contributed by atoms with van der Waals surface area (Å²) in [5, 5.41) is 13.5. The average Bonchev–Trinajstić information content (AvgIpc) is 3.28. The minimum atomic E-state index is -1.18. The molecule has 0 unspecified atom stereocenters. The lowest BCUT2D eigenvalue weighted by Gasteiger charge is -2.26. The zero-order chi connectivity index (χ0) is 26.4. The Labute approximate surface area is 219 Å². The van der Waals surface area contributed by atoms with Crippen LogP contribution in [0.1, 0.15) is 65.6 Å². The van der Waals surface area contributed by atoms with Crippen molar-refractivity contribution in [1.82, 2.24) is 14.5 Å². The molecule has 0 aliphatic carbocycles. The second-order valence-corrected chi connectivity index (χ2v) is 10.1. The molecule has 0 bridgehead atoms. The maximum absolute atomic E-state index is 13.9. The highest BCUT2D eigenvalue weighted by atomic mass is 35.5. The van der Waals surface area contributed by atoms with E-state index in [1.165, 1.54) is 11.1 Å². The van der Waals surface area contributed by atoms with E-state index in [0.29, 0.717) is 35.6 Å². The summed E-state index contributed by atoms with van der Waals surface area (Å²) >= 11 is 5.93. The number of hydrogen-bond acceptors (Lipinski definition) is 6. The lowest BCUT2D eigenvalue weighted by atomic mass is 10.0. The molecule has 4 aromatic rings. The van der Waals surface area contributed by atoms with Crippen molar-refractivity contribution in [3.05, 3.63) is 92.0 Å². The molecule has 190 valence electrons. The van der Waals surface area contributed by atoms with Crippen LogP contribution < -0.4 is 15.8 Å². The Morgan fingerprint density at radius 3 is 2.35 bits per heavy atom. The van der Waals surface area contributed by atoms with Gasteiger partial charge in [0.2, 0.25) is 5.95 Å². The zero-order valence-corrected chi connectivity index (χ0v) is 21.9. The first-order valence-electron chi connectivity index (χ1n) is 12.2. The van der Waals surface area contributed by atoms with Gasteiger partial charge < -0.3 is 15.3 Å². The number of nitrogens with one attached hydrogen (secondary N) is 1. The highest BCUT2D eigenvalue weighted by Gasteiger charge is 2.26. The van der Waals surface area contributed by atoms with E-state index in [1.807, 2.05) is 52.0 Å². The summed E-state index contributed by atoms with van der Waals surface area (Å²) in [5.41, 5.74) is 4.84. The van der Waals surface area contributed by atoms with Crippen molar-refractivity contribution in [2.24, 2.45) is 0 Å². The van der Waals surface area contributed by atoms with Gasteiger partial charge in [0, 0.05) is 24.7 Å². The van der Waals surface area contributed by atoms with Gasteiger partial charge in [-0.05, 0) is 62.6 Å². The molecule has 3 heterocycles. The van der Waals surface area contributed by atoms with Crippen LogP contribution in [-0.2, 0) is 13.1 Å². The molecule has 8 nitrogen and oxygen atoms in total. The molecule has 2 N–H and O–H groups in total. The molecule has 0 amide bonds. The Hall–Kier alpha value is -3.91. The number of hydrogen-bond donors (Lipinski definition) is 2. The topological polar surface area (TPSA) is 100 Å². The normalized spacial score (nSPS) is 13.7. The molecule has 1 aliphatic heterocycles. The number of benzene rings is 2. The lowest BCUT2D eigenvalue weighted by Crippen LogP contribution is -2.31. The van der Waals surface area contributed by atoms with Gasteiger partial charge in [-0.25, -0.2) is 14.8 Å². The number of fused-ring (bicyclic) bond motifs is 2. The third kappa shape index (κ3) is 4.53. The standard InChI is InChI=1S/C28H28ClN5O3/c1-15(2)34-26(35)21-12-16(3)11-20(17(4)30-22-9-10-23(29)31-25(22)27(36)37)24(21)32-28(34)33-13-18-7-5-6-8-19(18)14-33/h5-12,15,17,30H,13-14H2,1-4H3,(H,36,37)/t17-/m1/s1. The molecule has 9 heteroatoms. The first-order chi connectivity index (χ1) is 17.6. The van der Waals surface area contributed by atoms with E-state index in [1.54, 1.807) is 16.7 Å². The molecule has 0 saturated heterocycles. The molecule has 0 fully saturated rings. The summed E-state index contributed by atoms with van der Waals surface area (Å²) in [6.45, 7) is 9.18. The van der Waals surface area contributed by atoms with Gasteiger partial charge in [-0.15, -0.1) is 0 Å². The Morgan fingerprint density at radius 2 is 1.73 bits per heavy atom. The molecule has 2 aromatic heterocycles. The van der Waals surface area contributed by atoms with Crippen molar-refractivity contribution in [3.8, 4) is 0 Å². The van der Waals surface area contributed by atoms with E-state index < -0.39 is 5.97 Å². The van der Waals surface area contributed by atoms with Crippen LogP contribution in [0.2, 0.25) is 5.15 Å². The third-order valence-corrected chi connectivity index (χ3v) is 6.91. The summed E-state index contributed by atoms with van der Waals surface area (Å²) in [5.74, 6) is -0.555. The fourth-order valence-electron chi connectivity index (χ4n) is 4.99. The van der Waals surface area contributed by atoms with Crippen LogP contribution in [0, 0.1) is 6.92 Å². The zero-order valence-electron chi connectivity index (χ0n) is 21.1. The summed E-state index contributed by atoms with van der Waals surface area (Å²) < 4.78 is 1.77. The van der Waals surface area contributed by atoms with Crippen LogP contribution in [0.3, 0.4) is 0 Å². The molecule has 2 aromatic carbocycles. The molecule has 1 aliphatic rings. The van der Waals surface area contributed by atoms with E-state index in [9.17, 15) is 14.7 Å². The van der Waals surface area contributed by atoms with Gasteiger partial charge in [0.1, 0.15) is 5.15 Å². The number of aryl methyl sites for hydroxylation is 1. The molecular weight excluding hydrogens is 490 g/mol. The van der Waals surface area contributed by atoms with Crippen LogP contribution in [0.5, 0.6) is 0 Å². The highest BCUT2D eigenvalue weighted by molar-refractivity contribution is 6.29. The molecule has 0 saturated carbocycles. The van der Waals surface area contributed by atoms with Gasteiger partial charge in [-0.3, -0.25) is 9.36 Å². The van der Waals surface area contributed by atoms with E-state index >= 15 is 0 Å². The van der Waals surface area contributed by atoms with Crippen LogP contribution >= 0.6 is 11.6 Å². The number of halogens is 1. The Morgan fingerprint density at radius 1 is 1.05 bits per heavy atom. The second-order valence-electron chi connectivity index (χ2n) is 9.76. The third-order valence-electron chi connectivity index (χ3n) is 6.70. The number of rotatable bonds is 6. The predicted molar refractivity (Wildman–Crippen MR) is 146 cm³/mol. The number of aromatic carboxylic acids is 1. The van der Waals surface area contributed by atoms with Gasteiger partial charge in [0.25, 0.3) is 5.56 Å². The number of anilines is 2. The maximum atomic E-state index is 13.9. The highest BCUT2D eigenvalue weighted by Crippen LogP contribution is 2.32. The van der Waals surface area contributed by atoms with Crippen LogP contribution in [0.15, 0.2) is 53.3 Å². The quantitative estimate of drug-likeness (QED) is 0.315. The van der Waals surface area contributed by atoms with Crippen molar-refractivity contribution in [3.63, 3.8) is 0 Å². The number of carboxylic acids is 1. The fraction of sp³-hybridized carbons (Fsp3) is 0.286. The van der Waals surface area contributed by atoms with Gasteiger partial charge in [-0.1, -0.05) is 41.9 Å². The Balaban J connectivity index is 1.65. The van der Waals surface area contributed by atoms with Crippen molar-refractivity contribution in [1.29, 1.82) is 0 Å². The Bertz CT molecular complexity index is 1570. The minimum absolute atomic E-state index is 0.0825. The fourth-order valence-corrected chi connectivity index (χ4v) is 5.14. The van der Waals surface area contributed by atoms with Crippen molar-refractivity contribution >= 4 is 40.1 Å². The summed E-state index contributed by atoms with van der Waals surface area (Å²) in [7, 11) is 0. The van der Waals surface area contributed by atoms with Crippen molar-refractivity contribution in [2.45, 2.75) is 52.9 Å². The lowest BCUT2D eigenvalue weighted by molar-refractivity contribution is 0.0691. The second kappa shape index (κ2) is 9.52. The van der Waals surface area contributed by atoms with E-state index in [0.717, 1.165) is 11.1 Å². The molecule has 0 spiro atoms.